The molecule has 0 aliphatic carbocycles. The maximum Gasteiger partial charge on any atom is 0.313 e. The maximum absolute atomic E-state index is 13.1. The Kier molecular flexibility index (Phi) is 6.51. The largest absolute Gasteiger partial charge is 0.396 e. The second kappa shape index (κ2) is 7.90. The van der Waals surface area contributed by atoms with Crippen LogP contribution in [-0.4, -0.2) is 29.6 Å². The molecular weight excluding hydrogens is 306 g/mol. The van der Waals surface area contributed by atoms with Crippen LogP contribution in [0.1, 0.15) is 19.8 Å². The Hall–Kier alpha value is -1.73. The zero-order chi connectivity index (χ0) is 16.0. The molecule has 0 heterocycles. The number of anilines is 1. The standard InChI is InChI=1S/C13H15ClF2N2O3/c1-2-7(3-4-19)17-12(20)13(21)18-11-6-10(16)9(15)5-8(11)14/h5-7,19H,2-4H2,1H3,(H,17,20)(H,18,21). The van der Waals surface area contributed by atoms with E-state index in [1.54, 1.807) is 6.92 Å². The summed E-state index contributed by atoms with van der Waals surface area (Å²) in [6.45, 7) is 1.65. The molecule has 21 heavy (non-hydrogen) atoms. The summed E-state index contributed by atoms with van der Waals surface area (Å²) in [5, 5.41) is 13.1. The third-order valence-corrected chi connectivity index (χ3v) is 3.08. The van der Waals surface area contributed by atoms with E-state index in [1.165, 1.54) is 0 Å². The first-order chi connectivity index (χ1) is 9.88. The van der Waals surface area contributed by atoms with Crippen LogP contribution in [0.25, 0.3) is 0 Å². The molecule has 5 nitrogen and oxygen atoms in total. The number of rotatable bonds is 5. The zero-order valence-corrected chi connectivity index (χ0v) is 12.0. The van der Waals surface area contributed by atoms with Gasteiger partial charge < -0.3 is 15.7 Å². The lowest BCUT2D eigenvalue weighted by molar-refractivity contribution is -0.136. The van der Waals surface area contributed by atoms with Crippen molar-refractivity contribution in [3.8, 4) is 0 Å². The average molecular weight is 321 g/mol. The van der Waals surface area contributed by atoms with E-state index in [0.29, 0.717) is 25.0 Å². The fourth-order valence-corrected chi connectivity index (χ4v) is 1.78. The predicted octanol–water partition coefficient (Wildman–Crippen LogP) is 1.83. The molecule has 116 valence electrons. The smallest absolute Gasteiger partial charge is 0.313 e. The molecule has 3 N–H and O–H groups in total. The minimum absolute atomic E-state index is 0.130. The first kappa shape index (κ1) is 17.3. The van der Waals surface area contributed by atoms with Crippen molar-refractivity contribution in [2.24, 2.45) is 0 Å². The number of hydrogen-bond donors (Lipinski definition) is 3. The first-order valence-electron chi connectivity index (χ1n) is 6.26. The van der Waals surface area contributed by atoms with Gasteiger partial charge in [-0.3, -0.25) is 9.59 Å². The van der Waals surface area contributed by atoms with Gasteiger partial charge in [-0.15, -0.1) is 0 Å². The highest BCUT2D eigenvalue weighted by Crippen LogP contribution is 2.24. The van der Waals surface area contributed by atoms with Crippen molar-refractivity contribution in [3.05, 3.63) is 28.8 Å². The molecule has 2 amide bonds. The number of amides is 2. The van der Waals surface area contributed by atoms with Gasteiger partial charge in [-0.1, -0.05) is 18.5 Å². The van der Waals surface area contributed by atoms with Gasteiger partial charge in [0.2, 0.25) is 0 Å². The fraction of sp³-hybridized carbons (Fsp3) is 0.385. The molecule has 0 radical (unpaired) electrons. The van der Waals surface area contributed by atoms with E-state index < -0.39 is 23.4 Å². The van der Waals surface area contributed by atoms with Crippen molar-refractivity contribution in [3.63, 3.8) is 0 Å². The van der Waals surface area contributed by atoms with Crippen molar-refractivity contribution in [2.75, 3.05) is 11.9 Å². The Balaban J connectivity index is 2.72. The summed E-state index contributed by atoms with van der Waals surface area (Å²) >= 11 is 5.65. The van der Waals surface area contributed by atoms with Crippen LogP contribution in [0.4, 0.5) is 14.5 Å². The summed E-state index contributed by atoms with van der Waals surface area (Å²) in [4.78, 5) is 23.3. The molecule has 1 rings (SSSR count). The Morgan fingerprint density at radius 1 is 1.29 bits per heavy atom. The fourth-order valence-electron chi connectivity index (χ4n) is 1.58. The van der Waals surface area contributed by atoms with Crippen LogP contribution in [0.2, 0.25) is 5.02 Å². The molecule has 0 spiro atoms. The van der Waals surface area contributed by atoms with Gasteiger partial charge in [0.1, 0.15) is 0 Å². The number of benzene rings is 1. The quantitative estimate of drug-likeness (QED) is 0.572. The molecule has 0 fully saturated rings. The normalized spacial score (nSPS) is 11.9. The van der Waals surface area contributed by atoms with Crippen molar-refractivity contribution < 1.29 is 23.5 Å². The number of aliphatic hydroxyl groups excluding tert-OH is 1. The van der Waals surface area contributed by atoms with E-state index in [9.17, 15) is 18.4 Å². The minimum atomic E-state index is -1.19. The highest BCUT2D eigenvalue weighted by Gasteiger charge is 2.19. The van der Waals surface area contributed by atoms with Gasteiger partial charge in [0.05, 0.1) is 10.7 Å². The van der Waals surface area contributed by atoms with E-state index >= 15 is 0 Å². The molecule has 0 aliphatic rings. The zero-order valence-electron chi connectivity index (χ0n) is 11.3. The van der Waals surface area contributed by atoms with E-state index in [-0.39, 0.29) is 23.4 Å². The number of carbonyl (C=O) groups excluding carboxylic acids is 2. The molecule has 1 unspecified atom stereocenters. The number of halogens is 3. The van der Waals surface area contributed by atoms with Gasteiger partial charge in [-0.05, 0) is 18.9 Å². The molecule has 0 saturated carbocycles. The van der Waals surface area contributed by atoms with Crippen molar-refractivity contribution in [1.82, 2.24) is 5.32 Å². The van der Waals surface area contributed by atoms with Gasteiger partial charge in [0.25, 0.3) is 0 Å². The Bertz CT molecular complexity index is 540. The van der Waals surface area contributed by atoms with E-state index in [1.807, 2.05) is 0 Å². The Morgan fingerprint density at radius 3 is 2.48 bits per heavy atom. The summed E-state index contributed by atoms with van der Waals surface area (Å²) in [5.74, 6) is -4.35. The SMILES string of the molecule is CCC(CCO)NC(=O)C(=O)Nc1cc(F)c(F)cc1Cl. The summed E-state index contributed by atoms with van der Waals surface area (Å²) in [7, 11) is 0. The molecule has 0 aromatic heterocycles. The van der Waals surface area contributed by atoms with Crippen LogP contribution >= 0.6 is 11.6 Å². The molecule has 1 aromatic rings. The van der Waals surface area contributed by atoms with Crippen molar-refractivity contribution in [2.45, 2.75) is 25.8 Å². The van der Waals surface area contributed by atoms with Crippen LogP contribution in [-0.2, 0) is 9.59 Å². The summed E-state index contributed by atoms with van der Waals surface area (Å²) in [5.41, 5.74) is -0.203. The van der Waals surface area contributed by atoms with E-state index in [2.05, 4.69) is 10.6 Å². The van der Waals surface area contributed by atoms with Crippen LogP contribution < -0.4 is 10.6 Å². The van der Waals surface area contributed by atoms with Gasteiger partial charge in [0, 0.05) is 18.7 Å². The Morgan fingerprint density at radius 2 is 1.90 bits per heavy atom. The summed E-state index contributed by atoms with van der Waals surface area (Å²) < 4.78 is 25.9. The monoisotopic (exact) mass is 320 g/mol. The highest BCUT2D eigenvalue weighted by molar-refractivity contribution is 6.41. The number of carbonyl (C=O) groups is 2. The van der Waals surface area contributed by atoms with Gasteiger partial charge in [-0.25, -0.2) is 8.78 Å². The molecule has 0 saturated heterocycles. The lowest BCUT2D eigenvalue weighted by Gasteiger charge is -2.15. The Labute approximate surface area is 125 Å². The number of nitrogens with one attached hydrogen (secondary N) is 2. The highest BCUT2D eigenvalue weighted by atomic mass is 35.5. The van der Waals surface area contributed by atoms with Gasteiger partial charge >= 0.3 is 11.8 Å². The minimum Gasteiger partial charge on any atom is -0.396 e. The van der Waals surface area contributed by atoms with Crippen LogP contribution in [0.3, 0.4) is 0 Å². The predicted molar refractivity (Wildman–Crippen MR) is 73.9 cm³/mol. The first-order valence-corrected chi connectivity index (χ1v) is 6.64. The molecule has 1 atom stereocenters. The summed E-state index contributed by atoms with van der Waals surface area (Å²) in [6.07, 6.45) is 0.840. The van der Waals surface area contributed by atoms with Crippen LogP contribution in [0.15, 0.2) is 12.1 Å². The average Bonchev–Trinajstić information content (AvgIpc) is 2.43. The van der Waals surface area contributed by atoms with Gasteiger partial charge in [0.15, 0.2) is 11.6 Å². The lowest BCUT2D eigenvalue weighted by atomic mass is 10.1. The molecule has 1 aromatic carbocycles. The van der Waals surface area contributed by atoms with Crippen LogP contribution in [0.5, 0.6) is 0 Å². The number of aliphatic hydroxyl groups is 1. The molecule has 0 aliphatic heterocycles. The van der Waals surface area contributed by atoms with E-state index in [0.717, 1.165) is 0 Å². The van der Waals surface area contributed by atoms with Crippen molar-refractivity contribution >= 4 is 29.1 Å². The van der Waals surface area contributed by atoms with E-state index in [4.69, 9.17) is 16.7 Å². The third-order valence-electron chi connectivity index (χ3n) is 2.77. The van der Waals surface area contributed by atoms with Gasteiger partial charge in [-0.2, -0.15) is 0 Å². The summed E-state index contributed by atoms with van der Waals surface area (Å²) in [6, 6.07) is 1.03. The third kappa shape index (κ3) is 4.95. The molecular formula is C13H15ClF2N2O3. The number of hydrogen-bond acceptors (Lipinski definition) is 3. The van der Waals surface area contributed by atoms with Crippen molar-refractivity contribution in [1.29, 1.82) is 0 Å². The van der Waals surface area contributed by atoms with Crippen LogP contribution in [0, 0.1) is 11.6 Å². The second-order valence-electron chi connectivity index (χ2n) is 4.29. The topological polar surface area (TPSA) is 78.4 Å². The molecule has 8 heteroatoms. The molecule has 0 bridgehead atoms. The second-order valence-corrected chi connectivity index (χ2v) is 4.70. The maximum atomic E-state index is 13.1. The lowest BCUT2D eigenvalue weighted by Crippen LogP contribution is -2.42.